The lowest BCUT2D eigenvalue weighted by molar-refractivity contribution is 0.101. The third kappa shape index (κ3) is 3.55. The van der Waals surface area contributed by atoms with Crippen molar-refractivity contribution in [3.63, 3.8) is 0 Å². The van der Waals surface area contributed by atoms with Crippen LogP contribution in [-0.2, 0) is 0 Å². The summed E-state index contributed by atoms with van der Waals surface area (Å²) in [5.41, 5.74) is 8.01. The Morgan fingerprint density at radius 2 is 1.68 bits per heavy atom. The molecule has 31 heavy (non-hydrogen) atoms. The van der Waals surface area contributed by atoms with Crippen LogP contribution in [0.15, 0.2) is 54.6 Å². The summed E-state index contributed by atoms with van der Waals surface area (Å²) in [6, 6.07) is 19.0. The molecule has 0 spiro atoms. The van der Waals surface area contributed by atoms with Crippen LogP contribution in [0, 0.1) is 6.92 Å². The highest BCUT2D eigenvalue weighted by atomic mass is 16.1. The van der Waals surface area contributed by atoms with Crippen LogP contribution in [0.2, 0.25) is 0 Å². The second-order valence-corrected chi connectivity index (χ2v) is 8.54. The number of piperazine rings is 1. The van der Waals surface area contributed by atoms with Gasteiger partial charge in [0.25, 0.3) is 0 Å². The van der Waals surface area contributed by atoms with Gasteiger partial charge in [0.1, 0.15) is 0 Å². The number of aryl methyl sites for hydroxylation is 1. The standard InChI is InChI=1S/C26H28N4O/c1-17-24(18(2)31)25(19-7-5-4-6-8-19)26(27-17)23-15-20-9-10-21(16-22(20)28-23)30-13-11-29(3)12-14-30/h4-10,15-16,27-28H,11-14H2,1-3H3. The van der Waals surface area contributed by atoms with Crippen molar-refractivity contribution < 1.29 is 4.79 Å². The lowest BCUT2D eigenvalue weighted by atomic mass is 9.97. The molecule has 5 rings (SSSR count). The average molecular weight is 413 g/mol. The maximum atomic E-state index is 12.5. The third-order valence-electron chi connectivity index (χ3n) is 6.35. The van der Waals surface area contributed by atoms with Crippen LogP contribution >= 0.6 is 0 Å². The Morgan fingerprint density at radius 1 is 0.935 bits per heavy atom. The normalized spacial score (nSPS) is 15.0. The summed E-state index contributed by atoms with van der Waals surface area (Å²) in [5, 5.41) is 1.17. The van der Waals surface area contributed by atoms with Gasteiger partial charge in [0.15, 0.2) is 5.78 Å². The van der Waals surface area contributed by atoms with Crippen molar-refractivity contribution >= 4 is 22.4 Å². The highest BCUT2D eigenvalue weighted by molar-refractivity contribution is 6.06. The van der Waals surface area contributed by atoms with E-state index in [2.05, 4.69) is 63.2 Å². The van der Waals surface area contributed by atoms with Crippen molar-refractivity contribution in [1.82, 2.24) is 14.9 Å². The number of carbonyl (C=O) groups excluding carboxylic acids is 1. The van der Waals surface area contributed by atoms with Crippen LogP contribution in [0.25, 0.3) is 33.4 Å². The Labute approximate surface area is 182 Å². The lowest BCUT2D eigenvalue weighted by Gasteiger charge is -2.34. The first kappa shape index (κ1) is 19.6. The summed E-state index contributed by atoms with van der Waals surface area (Å²) >= 11 is 0. The quantitative estimate of drug-likeness (QED) is 0.459. The van der Waals surface area contributed by atoms with Crippen molar-refractivity contribution in [1.29, 1.82) is 0 Å². The SMILES string of the molecule is CC(=O)c1c(C)[nH]c(-c2cc3ccc(N4CCN(C)CC4)cc3[nH]2)c1-c1ccccc1. The second kappa shape index (κ2) is 7.75. The number of hydrogen-bond donors (Lipinski definition) is 2. The molecule has 3 heterocycles. The summed E-state index contributed by atoms with van der Waals surface area (Å²) < 4.78 is 0. The number of nitrogens with zero attached hydrogens (tertiary/aromatic N) is 2. The van der Waals surface area contributed by atoms with Gasteiger partial charge in [0.05, 0.1) is 11.4 Å². The maximum absolute atomic E-state index is 12.5. The smallest absolute Gasteiger partial charge is 0.162 e. The van der Waals surface area contributed by atoms with Crippen LogP contribution in [-0.4, -0.2) is 53.9 Å². The molecule has 0 radical (unpaired) electrons. The Bertz CT molecular complexity index is 1240. The molecular weight excluding hydrogens is 384 g/mol. The first-order valence-electron chi connectivity index (χ1n) is 10.9. The molecule has 5 nitrogen and oxygen atoms in total. The number of H-pyrrole nitrogens is 2. The topological polar surface area (TPSA) is 55.1 Å². The van der Waals surface area contributed by atoms with Crippen LogP contribution < -0.4 is 4.90 Å². The molecule has 4 aromatic rings. The zero-order valence-corrected chi connectivity index (χ0v) is 18.3. The summed E-state index contributed by atoms with van der Waals surface area (Å²) in [6.07, 6.45) is 0. The molecule has 158 valence electrons. The molecule has 1 aliphatic heterocycles. The molecule has 2 N–H and O–H groups in total. The Morgan fingerprint density at radius 3 is 2.39 bits per heavy atom. The molecule has 2 aromatic heterocycles. The Kier molecular flexibility index (Phi) is 4.91. The first-order chi connectivity index (χ1) is 15.0. The van der Waals surface area contributed by atoms with E-state index >= 15 is 0 Å². The van der Waals surface area contributed by atoms with Gasteiger partial charge in [-0.1, -0.05) is 36.4 Å². The molecule has 0 bridgehead atoms. The van der Waals surface area contributed by atoms with E-state index in [0.29, 0.717) is 0 Å². The van der Waals surface area contributed by atoms with Gasteiger partial charge in [-0.25, -0.2) is 0 Å². The van der Waals surface area contributed by atoms with Crippen molar-refractivity contribution in [2.45, 2.75) is 13.8 Å². The van der Waals surface area contributed by atoms with Gasteiger partial charge >= 0.3 is 0 Å². The third-order valence-corrected chi connectivity index (χ3v) is 6.35. The summed E-state index contributed by atoms with van der Waals surface area (Å²) in [4.78, 5) is 24.4. The van der Waals surface area contributed by atoms with Gasteiger partial charge < -0.3 is 19.8 Å². The first-order valence-corrected chi connectivity index (χ1v) is 10.9. The number of anilines is 1. The number of Topliss-reactive ketones (excluding diaryl/α,β-unsaturated/α-hetero) is 1. The van der Waals surface area contributed by atoms with Crippen molar-refractivity contribution in [2.24, 2.45) is 0 Å². The molecule has 0 atom stereocenters. The van der Waals surface area contributed by atoms with Crippen molar-refractivity contribution in [2.75, 3.05) is 38.1 Å². The largest absolute Gasteiger partial charge is 0.369 e. The van der Waals surface area contributed by atoms with Crippen LogP contribution in [0.3, 0.4) is 0 Å². The Hall–Kier alpha value is -3.31. The molecule has 2 aromatic carbocycles. The molecule has 1 fully saturated rings. The summed E-state index contributed by atoms with van der Waals surface area (Å²) in [7, 11) is 2.18. The molecule has 0 amide bonds. The number of aromatic amines is 2. The fourth-order valence-corrected chi connectivity index (χ4v) is 4.67. The number of likely N-dealkylation sites (N-methyl/N-ethyl adjacent to an activating group) is 1. The van der Waals surface area contributed by atoms with Gasteiger partial charge in [0, 0.05) is 59.6 Å². The monoisotopic (exact) mass is 412 g/mol. The van der Waals surface area contributed by atoms with Crippen LogP contribution in [0.1, 0.15) is 23.0 Å². The van der Waals surface area contributed by atoms with Crippen LogP contribution in [0.4, 0.5) is 5.69 Å². The molecular formula is C26H28N4O. The van der Waals surface area contributed by atoms with E-state index in [1.165, 1.54) is 11.1 Å². The number of hydrogen-bond acceptors (Lipinski definition) is 3. The highest BCUT2D eigenvalue weighted by Gasteiger charge is 2.22. The van der Waals surface area contributed by atoms with Gasteiger partial charge in [-0.2, -0.15) is 0 Å². The number of ketones is 1. The van der Waals surface area contributed by atoms with Crippen molar-refractivity contribution in [3.8, 4) is 22.5 Å². The Balaban J connectivity index is 1.60. The maximum Gasteiger partial charge on any atom is 0.162 e. The molecule has 5 heteroatoms. The number of aromatic nitrogens is 2. The van der Waals surface area contributed by atoms with Crippen molar-refractivity contribution in [3.05, 3.63) is 65.9 Å². The number of rotatable bonds is 4. The van der Waals surface area contributed by atoms with E-state index in [1.54, 1.807) is 6.92 Å². The molecule has 0 unspecified atom stereocenters. The van der Waals surface area contributed by atoms with E-state index in [4.69, 9.17) is 0 Å². The van der Waals surface area contributed by atoms with Gasteiger partial charge in [0.2, 0.25) is 0 Å². The fraction of sp³-hybridized carbons (Fsp3) is 0.269. The second-order valence-electron chi connectivity index (χ2n) is 8.54. The number of carbonyl (C=O) groups is 1. The van der Waals surface area contributed by atoms with Gasteiger partial charge in [-0.05, 0) is 44.7 Å². The van der Waals surface area contributed by atoms with E-state index in [9.17, 15) is 4.79 Å². The van der Waals surface area contributed by atoms with E-state index in [-0.39, 0.29) is 5.78 Å². The zero-order valence-electron chi connectivity index (χ0n) is 18.3. The number of fused-ring (bicyclic) bond motifs is 1. The molecule has 1 aliphatic rings. The van der Waals surface area contributed by atoms with Crippen LogP contribution in [0.5, 0.6) is 0 Å². The fourth-order valence-electron chi connectivity index (χ4n) is 4.67. The predicted octanol–water partition coefficient (Wildman–Crippen LogP) is 5.09. The molecule has 0 aliphatic carbocycles. The van der Waals surface area contributed by atoms with Gasteiger partial charge in [-0.15, -0.1) is 0 Å². The predicted molar refractivity (Wildman–Crippen MR) is 128 cm³/mol. The number of benzene rings is 2. The van der Waals surface area contributed by atoms with Gasteiger partial charge in [-0.3, -0.25) is 4.79 Å². The van der Waals surface area contributed by atoms with E-state index in [0.717, 1.165) is 65.5 Å². The molecule has 0 saturated carbocycles. The summed E-state index contributed by atoms with van der Waals surface area (Å²) in [5.74, 6) is 0.0762. The van der Waals surface area contributed by atoms with E-state index in [1.807, 2.05) is 25.1 Å². The summed E-state index contributed by atoms with van der Waals surface area (Å²) in [6.45, 7) is 7.88. The minimum atomic E-state index is 0.0762. The highest BCUT2D eigenvalue weighted by Crippen LogP contribution is 2.38. The van der Waals surface area contributed by atoms with E-state index < -0.39 is 0 Å². The minimum Gasteiger partial charge on any atom is -0.369 e. The number of nitrogens with one attached hydrogen (secondary N) is 2. The lowest BCUT2D eigenvalue weighted by Crippen LogP contribution is -2.44. The zero-order chi connectivity index (χ0) is 21.5. The average Bonchev–Trinajstić information content (AvgIpc) is 3.35. The minimum absolute atomic E-state index is 0.0762. The molecule has 1 saturated heterocycles.